The Morgan fingerprint density at radius 3 is 2.19 bits per heavy atom. The second kappa shape index (κ2) is 9.10. The predicted molar refractivity (Wildman–Crippen MR) is 102 cm³/mol. The molecular weight excluding hydrogens is 332 g/mol. The standard InChI is InChI=1S/C20H26N2O4/c1-14(22(2)13-15-6-8-16(24-3)9-7-15)20(23)21-18-12-17(25-4)10-11-19(18)26-5/h6-12,14H,13H2,1-5H3,(H,21,23). The first-order chi connectivity index (χ1) is 12.5. The molecular formula is C20H26N2O4. The summed E-state index contributed by atoms with van der Waals surface area (Å²) in [5.41, 5.74) is 1.69. The van der Waals surface area contributed by atoms with Crippen molar-refractivity contribution in [2.24, 2.45) is 0 Å². The van der Waals surface area contributed by atoms with Gasteiger partial charge in [-0.05, 0) is 43.8 Å². The highest BCUT2D eigenvalue weighted by Gasteiger charge is 2.20. The van der Waals surface area contributed by atoms with E-state index in [0.29, 0.717) is 23.7 Å². The summed E-state index contributed by atoms with van der Waals surface area (Å²) < 4.78 is 15.7. The fraction of sp³-hybridized carbons (Fsp3) is 0.350. The van der Waals surface area contributed by atoms with Crippen molar-refractivity contribution in [3.05, 3.63) is 48.0 Å². The number of amides is 1. The fourth-order valence-electron chi connectivity index (χ4n) is 2.50. The van der Waals surface area contributed by atoms with Crippen LogP contribution in [0.5, 0.6) is 17.2 Å². The van der Waals surface area contributed by atoms with Gasteiger partial charge in [0, 0.05) is 12.6 Å². The van der Waals surface area contributed by atoms with Gasteiger partial charge in [-0.25, -0.2) is 0 Å². The highest BCUT2D eigenvalue weighted by molar-refractivity contribution is 5.96. The zero-order valence-corrected chi connectivity index (χ0v) is 15.9. The van der Waals surface area contributed by atoms with Crippen molar-refractivity contribution in [2.75, 3.05) is 33.7 Å². The number of nitrogens with one attached hydrogen (secondary N) is 1. The summed E-state index contributed by atoms with van der Waals surface area (Å²) in [6.45, 7) is 2.51. The lowest BCUT2D eigenvalue weighted by Gasteiger charge is -2.24. The van der Waals surface area contributed by atoms with E-state index < -0.39 is 0 Å². The van der Waals surface area contributed by atoms with E-state index in [2.05, 4.69) is 5.32 Å². The minimum absolute atomic E-state index is 0.118. The van der Waals surface area contributed by atoms with Crippen molar-refractivity contribution in [2.45, 2.75) is 19.5 Å². The summed E-state index contributed by atoms with van der Waals surface area (Å²) in [5.74, 6) is 1.93. The van der Waals surface area contributed by atoms with Gasteiger partial charge in [0.25, 0.3) is 0 Å². The zero-order chi connectivity index (χ0) is 19.1. The van der Waals surface area contributed by atoms with Crippen LogP contribution < -0.4 is 19.5 Å². The number of anilines is 1. The summed E-state index contributed by atoms with van der Waals surface area (Å²) in [6, 6.07) is 12.8. The third kappa shape index (κ3) is 4.89. The van der Waals surface area contributed by atoms with Crippen molar-refractivity contribution in [1.82, 2.24) is 4.90 Å². The molecule has 1 amide bonds. The third-order valence-corrected chi connectivity index (χ3v) is 4.30. The highest BCUT2D eigenvalue weighted by Crippen LogP contribution is 2.29. The smallest absolute Gasteiger partial charge is 0.241 e. The number of carbonyl (C=O) groups is 1. The average Bonchev–Trinajstić information content (AvgIpc) is 2.67. The number of likely N-dealkylation sites (N-methyl/N-ethyl adjacent to an activating group) is 1. The van der Waals surface area contributed by atoms with Gasteiger partial charge in [0.05, 0.1) is 33.1 Å². The Morgan fingerprint density at radius 2 is 1.62 bits per heavy atom. The van der Waals surface area contributed by atoms with E-state index >= 15 is 0 Å². The van der Waals surface area contributed by atoms with Gasteiger partial charge in [0.1, 0.15) is 17.2 Å². The lowest BCUT2D eigenvalue weighted by Crippen LogP contribution is -2.39. The van der Waals surface area contributed by atoms with E-state index in [9.17, 15) is 4.79 Å². The zero-order valence-electron chi connectivity index (χ0n) is 15.9. The molecule has 6 heteroatoms. The number of methoxy groups -OCH3 is 3. The minimum Gasteiger partial charge on any atom is -0.497 e. The topological polar surface area (TPSA) is 60.0 Å². The molecule has 2 rings (SSSR count). The number of carbonyl (C=O) groups excluding carboxylic acids is 1. The second-order valence-corrected chi connectivity index (χ2v) is 5.99. The summed E-state index contributed by atoms with van der Waals surface area (Å²) in [4.78, 5) is 14.6. The van der Waals surface area contributed by atoms with Crippen LogP contribution in [-0.4, -0.2) is 45.2 Å². The van der Waals surface area contributed by atoms with Crippen LogP contribution in [0.4, 0.5) is 5.69 Å². The number of ether oxygens (including phenoxy) is 3. The molecule has 140 valence electrons. The van der Waals surface area contributed by atoms with Gasteiger partial charge < -0.3 is 19.5 Å². The predicted octanol–water partition coefficient (Wildman–Crippen LogP) is 3.17. The summed E-state index contributed by atoms with van der Waals surface area (Å²) in [7, 11) is 6.70. The monoisotopic (exact) mass is 358 g/mol. The first-order valence-electron chi connectivity index (χ1n) is 8.34. The molecule has 0 saturated heterocycles. The van der Waals surface area contributed by atoms with Gasteiger partial charge in [0.15, 0.2) is 0 Å². The normalized spacial score (nSPS) is 11.8. The Labute approximate surface area is 154 Å². The van der Waals surface area contributed by atoms with Crippen molar-refractivity contribution in [3.8, 4) is 17.2 Å². The number of rotatable bonds is 8. The number of hydrogen-bond donors (Lipinski definition) is 1. The van der Waals surface area contributed by atoms with Gasteiger partial charge in [-0.2, -0.15) is 0 Å². The van der Waals surface area contributed by atoms with Gasteiger partial charge in [-0.15, -0.1) is 0 Å². The molecule has 0 saturated carbocycles. The first-order valence-corrected chi connectivity index (χ1v) is 8.34. The number of nitrogens with zero attached hydrogens (tertiary/aromatic N) is 1. The molecule has 0 fully saturated rings. The molecule has 2 aromatic carbocycles. The van der Waals surface area contributed by atoms with Crippen LogP contribution in [0.3, 0.4) is 0 Å². The Balaban J connectivity index is 2.03. The molecule has 0 aliphatic heterocycles. The Kier molecular flexibility index (Phi) is 6.86. The Morgan fingerprint density at radius 1 is 1.00 bits per heavy atom. The maximum atomic E-state index is 12.6. The lowest BCUT2D eigenvalue weighted by atomic mass is 10.1. The fourth-order valence-corrected chi connectivity index (χ4v) is 2.50. The second-order valence-electron chi connectivity index (χ2n) is 5.99. The molecule has 0 aliphatic rings. The first kappa shape index (κ1) is 19.6. The molecule has 0 heterocycles. The third-order valence-electron chi connectivity index (χ3n) is 4.30. The van der Waals surface area contributed by atoms with Crippen LogP contribution in [0.1, 0.15) is 12.5 Å². The van der Waals surface area contributed by atoms with Crippen molar-refractivity contribution in [3.63, 3.8) is 0 Å². The SMILES string of the molecule is COc1ccc(CN(C)C(C)C(=O)Nc2cc(OC)ccc2OC)cc1. The molecule has 26 heavy (non-hydrogen) atoms. The van der Waals surface area contributed by atoms with E-state index in [4.69, 9.17) is 14.2 Å². The van der Waals surface area contributed by atoms with Crippen molar-refractivity contribution in [1.29, 1.82) is 0 Å². The van der Waals surface area contributed by atoms with E-state index in [-0.39, 0.29) is 11.9 Å². The largest absolute Gasteiger partial charge is 0.497 e. The maximum absolute atomic E-state index is 12.6. The van der Waals surface area contributed by atoms with E-state index in [1.54, 1.807) is 39.5 Å². The Bertz CT molecular complexity index is 731. The summed E-state index contributed by atoms with van der Waals surface area (Å²) in [6.07, 6.45) is 0. The maximum Gasteiger partial charge on any atom is 0.241 e. The molecule has 0 spiro atoms. The number of benzene rings is 2. The van der Waals surface area contributed by atoms with E-state index in [0.717, 1.165) is 11.3 Å². The minimum atomic E-state index is -0.326. The van der Waals surface area contributed by atoms with Crippen LogP contribution in [0.15, 0.2) is 42.5 Å². The van der Waals surface area contributed by atoms with Crippen LogP contribution in [-0.2, 0) is 11.3 Å². The molecule has 1 atom stereocenters. The molecule has 0 aliphatic carbocycles. The highest BCUT2D eigenvalue weighted by atomic mass is 16.5. The molecule has 1 N–H and O–H groups in total. The quantitative estimate of drug-likeness (QED) is 0.785. The summed E-state index contributed by atoms with van der Waals surface area (Å²) in [5, 5.41) is 2.92. The summed E-state index contributed by atoms with van der Waals surface area (Å²) >= 11 is 0. The molecule has 0 bridgehead atoms. The Hall–Kier alpha value is -2.73. The van der Waals surface area contributed by atoms with E-state index in [1.807, 2.05) is 43.1 Å². The van der Waals surface area contributed by atoms with Crippen LogP contribution in [0.25, 0.3) is 0 Å². The lowest BCUT2D eigenvalue weighted by molar-refractivity contribution is -0.120. The molecule has 1 unspecified atom stereocenters. The van der Waals surface area contributed by atoms with E-state index in [1.165, 1.54) is 0 Å². The van der Waals surface area contributed by atoms with Crippen LogP contribution in [0, 0.1) is 0 Å². The van der Waals surface area contributed by atoms with Gasteiger partial charge in [0.2, 0.25) is 5.91 Å². The molecule has 2 aromatic rings. The van der Waals surface area contributed by atoms with Crippen LogP contribution in [0.2, 0.25) is 0 Å². The van der Waals surface area contributed by atoms with Gasteiger partial charge in [-0.3, -0.25) is 9.69 Å². The van der Waals surface area contributed by atoms with Crippen molar-refractivity contribution >= 4 is 11.6 Å². The van der Waals surface area contributed by atoms with Crippen molar-refractivity contribution < 1.29 is 19.0 Å². The average molecular weight is 358 g/mol. The van der Waals surface area contributed by atoms with Gasteiger partial charge >= 0.3 is 0 Å². The molecule has 0 aromatic heterocycles. The van der Waals surface area contributed by atoms with Gasteiger partial charge in [-0.1, -0.05) is 12.1 Å². The number of hydrogen-bond acceptors (Lipinski definition) is 5. The van der Waals surface area contributed by atoms with Crippen LogP contribution >= 0.6 is 0 Å². The molecule has 0 radical (unpaired) electrons. The molecule has 6 nitrogen and oxygen atoms in total.